The molecule has 2 N–H and O–H groups in total. The Morgan fingerprint density at radius 3 is 2.71 bits per heavy atom. The van der Waals surface area contributed by atoms with Crippen molar-refractivity contribution in [1.29, 1.82) is 0 Å². The van der Waals surface area contributed by atoms with Gasteiger partial charge in [-0.15, -0.1) is 0 Å². The van der Waals surface area contributed by atoms with Gasteiger partial charge in [-0.25, -0.2) is 14.4 Å². The fourth-order valence-corrected chi connectivity index (χ4v) is 2.70. The Balaban J connectivity index is 1.58. The van der Waals surface area contributed by atoms with Crippen LogP contribution in [0.15, 0.2) is 48.8 Å². The average molecular weight is 383 g/mol. The molecule has 2 aromatic carbocycles. The summed E-state index contributed by atoms with van der Waals surface area (Å²) in [4.78, 5) is 18.8. The summed E-state index contributed by atoms with van der Waals surface area (Å²) in [6, 6.07) is 11.2. The zero-order valence-electron chi connectivity index (χ0n) is 14.4. The van der Waals surface area contributed by atoms with E-state index in [1.165, 1.54) is 18.2 Å². The van der Waals surface area contributed by atoms with Crippen LogP contribution in [0.5, 0.6) is 11.5 Å². The number of nitrogens with one attached hydrogen (secondary N) is 2. The van der Waals surface area contributed by atoms with Crippen LogP contribution in [0.2, 0.25) is 0 Å². The zero-order valence-corrected chi connectivity index (χ0v) is 14.4. The highest BCUT2D eigenvalue weighted by Gasteiger charge is 2.24. The monoisotopic (exact) mass is 383 g/mol. The summed E-state index contributed by atoms with van der Waals surface area (Å²) in [7, 11) is 0. The molecule has 142 valence electrons. The number of ether oxygens (including phenoxy) is 2. The second kappa shape index (κ2) is 7.35. The van der Waals surface area contributed by atoms with Crippen molar-refractivity contribution in [1.82, 2.24) is 9.97 Å². The maximum absolute atomic E-state index is 13.9. The molecular weight excluding hydrogens is 369 g/mol. The number of fused-ring (bicyclic) bond motifs is 1. The highest BCUT2D eigenvalue weighted by Crippen LogP contribution is 2.34. The summed E-state index contributed by atoms with van der Waals surface area (Å²) < 4.78 is 24.5. The lowest BCUT2D eigenvalue weighted by atomic mass is 10.2. The van der Waals surface area contributed by atoms with E-state index in [-0.39, 0.29) is 36.3 Å². The van der Waals surface area contributed by atoms with Crippen LogP contribution < -0.4 is 20.1 Å². The summed E-state index contributed by atoms with van der Waals surface area (Å²) in [6.45, 7) is 0.419. The van der Waals surface area contributed by atoms with Crippen molar-refractivity contribution in [2.24, 2.45) is 0 Å². The quantitative estimate of drug-likeness (QED) is 0.490. The van der Waals surface area contributed by atoms with Crippen LogP contribution in [0.1, 0.15) is 5.56 Å². The third-order valence-electron chi connectivity index (χ3n) is 4.03. The molecule has 0 aliphatic carbocycles. The average Bonchev–Trinajstić information content (AvgIpc) is 3.16. The van der Waals surface area contributed by atoms with Gasteiger partial charge in [0.2, 0.25) is 18.4 Å². The van der Waals surface area contributed by atoms with Crippen molar-refractivity contribution < 1.29 is 18.8 Å². The molecule has 0 unspecified atom stereocenters. The number of nitro groups is 1. The van der Waals surface area contributed by atoms with Gasteiger partial charge in [0.1, 0.15) is 12.1 Å². The van der Waals surface area contributed by atoms with Gasteiger partial charge in [0.15, 0.2) is 11.5 Å². The Hall–Kier alpha value is -3.95. The molecule has 0 saturated heterocycles. The van der Waals surface area contributed by atoms with Crippen molar-refractivity contribution in [2.75, 3.05) is 17.4 Å². The zero-order chi connectivity index (χ0) is 19.5. The van der Waals surface area contributed by atoms with E-state index in [9.17, 15) is 14.5 Å². The lowest BCUT2D eigenvalue weighted by molar-refractivity contribution is -0.383. The Labute approximate surface area is 158 Å². The number of aromatic nitrogens is 2. The predicted octanol–water partition coefficient (Wildman–Crippen LogP) is 3.61. The van der Waals surface area contributed by atoms with E-state index >= 15 is 0 Å². The first-order valence-electron chi connectivity index (χ1n) is 8.25. The van der Waals surface area contributed by atoms with Gasteiger partial charge in [0, 0.05) is 6.54 Å². The van der Waals surface area contributed by atoms with Gasteiger partial charge < -0.3 is 20.1 Å². The van der Waals surface area contributed by atoms with E-state index in [4.69, 9.17) is 9.47 Å². The molecule has 2 heterocycles. The number of hydrogen-bond donors (Lipinski definition) is 2. The SMILES string of the molecule is O=[N+]([O-])c1c(NCc2ccc3c(c2)OCO3)ncnc1Nc1ccccc1F. The summed E-state index contributed by atoms with van der Waals surface area (Å²) in [5.41, 5.74) is 0.512. The first-order valence-corrected chi connectivity index (χ1v) is 8.25. The highest BCUT2D eigenvalue weighted by molar-refractivity contribution is 5.73. The molecule has 0 spiro atoms. The van der Waals surface area contributed by atoms with E-state index in [1.807, 2.05) is 6.07 Å². The van der Waals surface area contributed by atoms with Gasteiger partial charge >= 0.3 is 5.69 Å². The Bertz CT molecular complexity index is 1050. The largest absolute Gasteiger partial charge is 0.454 e. The summed E-state index contributed by atoms with van der Waals surface area (Å²) >= 11 is 0. The minimum Gasteiger partial charge on any atom is -0.454 e. The van der Waals surface area contributed by atoms with Crippen molar-refractivity contribution in [3.63, 3.8) is 0 Å². The van der Waals surface area contributed by atoms with Crippen LogP contribution in [0, 0.1) is 15.9 Å². The topological polar surface area (TPSA) is 111 Å². The Morgan fingerprint density at radius 2 is 1.89 bits per heavy atom. The molecule has 10 heteroatoms. The molecule has 0 saturated carbocycles. The van der Waals surface area contributed by atoms with E-state index < -0.39 is 10.7 Å². The molecule has 9 nitrogen and oxygen atoms in total. The van der Waals surface area contributed by atoms with Crippen molar-refractivity contribution in [2.45, 2.75) is 6.54 Å². The Morgan fingerprint density at radius 1 is 1.11 bits per heavy atom. The van der Waals surface area contributed by atoms with Crippen molar-refractivity contribution >= 4 is 23.0 Å². The standard InChI is InChI=1S/C18H14FN5O4/c19-12-3-1-2-4-13(12)23-18-16(24(25)26)17(21-9-22-18)20-8-11-5-6-14-15(7-11)28-10-27-14/h1-7,9H,8,10H2,(H2,20,21,22,23). The summed E-state index contributed by atoms with van der Waals surface area (Å²) in [6.07, 6.45) is 1.16. The third-order valence-corrected chi connectivity index (χ3v) is 4.03. The summed E-state index contributed by atoms with van der Waals surface area (Å²) in [5, 5.41) is 17.2. The van der Waals surface area contributed by atoms with Gasteiger partial charge in [-0.1, -0.05) is 18.2 Å². The van der Waals surface area contributed by atoms with Gasteiger partial charge in [-0.3, -0.25) is 10.1 Å². The van der Waals surface area contributed by atoms with Crippen molar-refractivity contribution in [3.8, 4) is 11.5 Å². The molecule has 0 fully saturated rings. The molecule has 1 aliphatic rings. The van der Waals surface area contributed by atoms with Gasteiger partial charge in [-0.05, 0) is 29.8 Å². The molecule has 1 aromatic heterocycles. The number of benzene rings is 2. The molecule has 4 rings (SSSR count). The minimum atomic E-state index is -0.620. The lowest BCUT2D eigenvalue weighted by Gasteiger charge is -2.11. The first kappa shape index (κ1) is 17.5. The van der Waals surface area contributed by atoms with Crippen LogP contribution >= 0.6 is 0 Å². The van der Waals surface area contributed by atoms with Crippen LogP contribution in [-0.2, 0) is 6.54 Å². The van der Waals surface area contributed by atoms with Crippen LogP contribution in [0.4, 0.5) is 27.4 Å². The molecular formula is C18H14FN5O4. The second-order valence-corrected chi connectivity index (χ2v) is 5.82. The van der Waals surface area contributed by atoms with Crippen LogP contribution in [-0.4, -0.2) is 21.7 Å². The highest BCUT2D eigenvalue weighted by atomic mass is 19.1. The van der Waals surface area contributed by atoms with Crippen molar-refractivity contribution in [3.05, 3.63) is 70.3 Å². The van der Waals surface area contributed by atoms with Crippen LogP contribution in [0.25, 0.3) is 0 Å². The number of halogens is 1. The lowest BCUT2D eigenvalue weighted by Crippen LogP contribution is -2.08. The fourth-order valence-electron chi connectivity index (χ4n) is 2.70. The Kier molecular flexibility index (Phi) is 4.58. The van der Waals surface area contributed by atoms with E-state index in [0.29, 0.717) is 11.5 Å². The number of rotatable bonds is 6. The van der Waals surface area contributed by atoms with E-state index in [2.05, 4.69) is 20.6 Å². The molecule has 28 heavy (non-hydrogen) atoms. The molecule has 1 aliphatic heterocycles. The van der Waals surface area contributed by atoms with Gasteiger partial charge in [0.05, 0.1) is 10.6 Å². The third kappa shape index (κ3) is 3.47. The fraction of sp³-hybridized carbons (Fsp3) is 0.111. The van der Waals surface area contributed by atoms with E-state index in [1.54, 1.807) is 18.2 Å². The van der Waals surface area contributed by atoms with Crippen LogP contribution in [0.3, 0.4) is 0 Å². The minimum absolute atomic E-state index is 0.0107. The number of anilines is 3. The smallest absolute Gasteiger partial charge is 0.353 e. The second-order valence-electron chi connectivity index (χ2n) is 5.82. The molecule has 0 amide bonds. The van der Waals surface area contributed by atoms with E-state index in [0.717, 1.165) is 11.9 Å². The molecule has 0 radical (unpaired) electrons. The normalized spacial score (nSPS) is 11.9. The number of hydrogen-bond acceptors (Lipinski definition) is 8. The van der Waals surface area contributed by atoms with Gasteiger partial charge in [-0.2, -0.15) is 0 Å². The first-order chi connectivity index (χ1) is 13.6. The maximum atomic E-state index is 13.9. The molecule has 3 aromatic rings. The van der Waals surface area contributed by atoms with Gasteiger partial charge in [0.25, 0.3) is 0 Å². The number of para-hydroxylation sites is 1. The number of nitrogens with zero attached hydrogens (tertiary/aromatic N) is 3. The predicted molar refractivity (Wildman–Crippen MR) is 98.3 cm³/mol. The summed E-state index contributed by atoms with van der Waals surface area (Å²) in [5.74, 6) is 0.603. The maximum Gasteiger partial charge on any atom is 0.353 e. The molecule has 0 atom stereocenters. The molecule has 0 bridgehead atoms.